The molecule has 1 aromatic heterocycles. The van der Waals surface area contributed by atoms with Gasteiger partial charge in [-0.15, -0.1) is 0 Å². The van der Waals surface area contributed by atoms with Crippen LogP contribution < -0.4 is 14.8 Å². The van der Waals surface area contributed by atoms with E-state index in [1.54, 1.807) is 13.0 Å². The van der Waals surface area contributed by atoms with Crippen molar-refractivity contribution in [1.82, 2.24) is 15.0 Å². The van der Waals surface area contributed by atoms with E-state index in [9.17, 15) is 31.5 Å². The van der Waals surface area contributed by atoms with E-state index in [-0.39, 0.29) is 31.3 Å². The van der Waals surface area contributed by atoms with Gasteiger partial charge in [-0.2, -0.15) is 13.2 Å². The van der Waals surface area contributed by atoms with E-state index in [2.05, 4.69) is 15.0 Å². The van der Waals surface area contributed by atoms with Crippen molar-refractivity contribution >= 4 is 15.9 Å². The number of pyridine rings is 1. The van der Waals surface area contributed by atoms with Gasteiger partial charge in [-0.3, -0.25) is 4.79 Å². The predicted octanol–water partition coefficient (Wildman–Crippen LogP) is 3.45. The van der Waals surface area contributed by atoms with E-state index in [4.69, 9.17) is 4.74 Å². The third-order valence-electron chi connectivity index (χ3n) is 4.95. The molecule has 12 heteroatoms. The Hall–Kier alpha value is -2.86. The van der Waals surface area contributed by atoms with E-state index in [1.807, 2.05) is 6.92 Å². The van der Waals surface area contributed by atoms with E-state index < -0.39 is 33.7 Å². The van der Waals surface area contributed by atoms with Crippen molar-refractivity contribution in [3.8, 4) is 11.6 Å². The number of halogens is 3. The van der Waals surface area contributed by atoms with Crippen LogP contribution in [0.5, 0.6) is 11.6 Å². The van der Waals surface area contributed by atoms with Crippen molar-refractivity contribution in [3.05, 3.63) is 52.7 Å². The zero-order chi connectivity index (χ0) is 25.5. The second-order valence-electron chi connectivity index (χ2n) is 7.78. The molecule has 34 heavy (non-hydrogen) atoms. The van der Waals surface area contributed by atoms with Crippen LogP contribution in [-0.4, -0.2) is 37.3 Å². The molecule has 0 spiro atoms. The number of nitrogens with zero attached hydrogens (tertiary/aromatic N) is 1. The number of hydrogen-bond donors (Lipinski definition) is 3. The Morgan fingerprint density at radius 1 is 1.18 bits per heavy atom. The molecular weight excluding hydrogens is 475 g/mol. The van der Waals surface area contributed by atoms with Gasteiger partial charge >= 0.3 is 6.18 Å². The average molecular weight is 504 g/mol. The van der Waals surface area contributed by atoms with Crippen LogP contribution in [0, 0.1) is 0 Å². The first-order chi connectivity index (χ1) is 15.8. The number of sulfonamides is 1. The van der Waals surface area contributed by atoms with E-state index >= 15 is 0 Å². The van der Waals surface area contributed by atoms with E-state index in [0.717, 1.165) is 18.7 Å². The summed E-state index contributed by atoms with van der Waals surface area (Å²) in [4.78, 5) is 16.2. The normalized spacial score (nSPS) is 12.9. The summed E-state index contributed by atoms with van der Waals surface area (Å²) in [5.41, 5.74) is 0.0348. The Morgan fingerprint density at radius 2 is 1.85 bits per heavy atom. The predicted molar refractivity (Wildman–Crippen MR) is 120 cm³/mol. The molecule has 0 saturated carbocycles. The molecule has 0 saturated heterocycles. The molecule has 0 fully saturated rings. The summed E-state index contributed by atoms with van der Waals surface area (Å²) in [6, 6.07) is 6.51. The highest BCUT2D eigenvalue weighted by Gasteiger charge is 2.33. The molecular formula is C22H28F3N3O5S. The number of nitrogens with one attached hydrogen (secondary N) is 2. The summed E-state index contributed by atoms with van der Waals surface area (Å²) in [5.74, 6) is -1.49. The lowest BCUT2D eigenvalue weighted by atomic mass is 9.98. The number of alkyl halides is 3. The van der Waals surface area contributed by atoms with Crippen molar-refractivity contribution in [3.63, 3.8) is 0 Å². The second kappa shape index (κ2) is 11.5. The van der Waals surface area contributed by atoms with Crippen LogP contribution >= 0.6 is 0 Å². The number of aromatic hydroxyl groups is 1. The van der Waals surface area contributed by atoms with Gasteiger partial charge in [0.2, 0.25) is 21.8 Å². The van der Waals surface area contributed by atoms with Gasteiger partial charge < -0.3 is 15.2 Å². The summed E-state index contributed by atoms with van der Waals surface area (Å²) in [6.07, 6.45) is -2.19. The molecule has 0 aliphatic heterocycles. The molecule has 188 valence electrons. The summed E-state index contributed by atoms with van der Waals surface area (Å²) in [5, 5.41) is 12.8. The van der Waals surface area contributed by atoms with Crippen LogP contribution in [0.4, 0.5) is 13.2 Å². The Labute approximate surface area is 196 Å². The van der Waals surface area contributed by atoms with Crippen molar-refractivity contribution in [2.45, 2.75) is 51.9 Å². The molecule has 0 bridgehead atoms. The number of phenols is 1. The lowest BCUT2D eigenvalue weighted by Gasteiger charge is -2.16. The lowest BCUT2D eigenvalue weighted by Crippen LogP contribution is -2.28. The van der Waals surface area contributed by atoms with Gasteiger partial charge in [0, 0.05) is 24.2 Å². The third-order valence-corrected chi connectivity index (χ3v) is 5.62. The van der Waals surface area contributed by atoms with E-state index in [1.165, 1.54) is 18.2 Å². The van der Waals surface area contributed by atoms with Gasteiger partial charge in [-0.1, -0.05) is 25.5 Å². The molecule has 0 aliphatic rings. The Kier molecular flexibility index (Phi) is 9.28. The highest BCUT2D eigenvalue weighted by Crippen LogP contribution is 2.30. The number of rotatable bonds is 11. The number of amides is 1. The zero-order valence-electron chi connectivity index (χ0n) is 19.1. The van der Waals surface area contributed by atoms with Crippen molar-refractivity contribution in [2.75, 3.05) is 12.9 Å². The van der Waals surface area contributed by atoms with Crippen LogP contribution in [0.25, 0.3) is 0 Å². The van der Waals surface area contributed by atoms with Crippen LogP contribution in [0.2, 0.25) is 0 Å². The minimum atomic E-state index is -4.62. The number of carbonyl (C=O) groups excluding carboxylic acids is 1. The Bertz CT molecular complexity index is 1110. The fraction of sp³-hybridized carbons (Fsp3) is 0.455. The molecule has 2 rings (SSSR count). The first-order valence-corrected chi connectivity index (χ1v) is 12.4. The monoisotopic (exact) mass is 503 g/mol. The Balaban J connectivity index is 2.10. The first-order valence-electron chi connectivity index (χ1n) is 10.6. The quantitative estimate of drug-likeness (QED) is 0.405. The summed E-state index contributed by atoms with van der Waals surface area (Å²) in [6.45, 7) is 3.51. The second-order valence-corrected chi connectivity index (χ2v) is 9.61. The molecule has 1 heterocycles. The van der Waals surface area contributed by atoms with Gasteiger partial charge in [0.1, 0.15) is 11.4 Å². The number of benzene rings is 1. The maximum absolute atomic E-state index is 13.0. The van der Waals surface area contributed by atoms with E-state index in [0.29, 0.717) is 23.1 Å². The van der Waals surface area contributed by atoms with Gasteiger partial charge in [-0.25, -0.2) is 18.1 Å². The Morgan fingerprint density at radius 3 is 2.44 bits per heavy atom. The lowest BCUT2D eigenvalue weighted by molar-refractivity contribution is -0.141. The molecule has 0 radical (unpaired) electrons. The smallest absolute Gasteiger partial charge is 0.433 e. The molecule has 3 N–H and O–H groups in total. The minimum Gasteiger partial charge on any atom is -0.508 e. The maximum Gasteiger partial charge on any atom is 0.433 e. The average Bonchev–Trinajstić information content (AvgIpc) is 2.75. The largest absolute Gasteiger partial charge is 0.508 e. The standard InChI is InChI=1S/C22H28F3N3O5S/c1-4-5-10-33-21-17(8-9-19(28-21)22(23,24)25)12-26-20(30)14(2)15-6-7-16(18(29)11-15)13-27-34(3,31)32/h6-9,11,14,27,29H,4-5,10,12-13H2,1-3H3,(H,26,30). The molecule has 1 aromatic carbocycles. The van der Waals surface area contributed by atoms with Gasteiger partial charge in [-0.05, 0) is 37.1 Å². The summed E-state index contributed by atoms with van der Waals surface area (Å²) < 4.78 is 69.2. The van der Waals surface area contributed by atoms with Gasteiger partial charge in [0.05, 0.1) is 18.8 Å². The molecule has 1 unspecified atom stereocenters. The van der Waals surface area contributed by atoms with Crippen LogP contribution in [0.1, 0.15) is 55.0 Å². The SMILES string of the molecule is CCCCOc1nc(C(F)(F)F)ccc1CNC(=O)C(C)c1ccc(CNS(C)(=O)=O)c(O)c1. The minimum absolute atomic E-state index is 0.0991. The summed E-state index contributed by atoms with van der Waals surface area (Å²) in [7, 11) is -3.44. The van der Waals surface area contributed by atoms with Crippen molar-refractivity contribution in [2.24, 2.45) is 0 Å². The topological polar surface area (TPSA) is 118 Å². The first kappa shape index (κ1) is 27.4. The summed E-state index contributed by atoms with van der Waals surface area (Å²) >= 11 is 0. The third kappa shape index (κ3) is 8.17. The number of carbonyl (C=O) groups is 1. The van der Waals surface area contributed by atoms with Crippen LogP contribution in [0.15, 0.2) is 30.3 Å². The van der Waals surface area contributed by atoms with Gasteiger partial charge in [0.25, 0.3) is 0 Å². The molecule has 1 atom stereocenters. The highest BCUT2D eigenvalue weighted by molar-refractivity contribution is 7.88. The van der Waals surface area contributed by atoms with Crippen molar-refractivity contribution in [1.29, 1.82) is 0 Å². The number of aromatic nitrogens is 1. The molecule has 2 aromatic rings. The molecule has 0 aliphatic carbocycles. The molecule has 1 amide bonds. The number of phenolic OH excluding ortho intramolecular Hbond substituents is 1. The zero-order valence-corrected chi connectivity index (χ0v) is 19.9. The molecule has 8 nitrogen and oxygen atoms in total. The van der Waals surface area contributed by atoms with Crippen molar-refractivity contribution < 1.29 is 36.2 Å². The van der Waals surface area contributed by atoms with Gasteiger partial charge in [0.15, 0.2) is 0 Å². The fourth-order valence-corrected chi connectivity index (χ4v) is 3.31. The number of ether oxygens (including phenoxy) is 1. The fourth-order valence-electron chi connectivity index (χ4n) is 2.90. The maximum atomic E-state index is 13.0. The number of unbranched alkanes of at least 4 members (excludes halogenated alkanes) is 1. The highest BCUT2D eigenvalue weighted by atomic mass is 32.2. The number of hydrogen-bond acceptors (Lipinski definition) is 6. The van der Waals surface area contributed by atoms with Crippen LogP contribution in [0.3, 0.4) is 0 Å². The van der Waals surface area contributed by atoms with Crippen LogP contribution in [-0.2, 0) is 34.1 Å².